The fourth-order valence-electron chi connectivity index (χ4n) is 1.66. The van der Waals surface area contributed by atoms with Crippen LogP contribution in [-0.4, -0.2) is 29.6 Å². The van der Waals surface area contributed by atoms with Crippen LogP contribution in [0.1, 0.15) is 37.0 Å². The summed E-state index contributed by atoms with van der Waals surface area (Å²) in [5.74, 6) is 0.534. The maximum atomic E-state index is 12.0. The van der Waals surface area contributed by atoms with Crippen LogP contribution in [0.25, 0.3) is 0 Å². The van der Waals surface area contributed by atoms with Gasteiger partial charge in [0.25, 0.3) is 5.91 Å². The van der Waals surface area contributed by atoms with Crippen LogP contribution in [0.2, 0.25) is 0 Å². The number of hydrogen-bond acceptors (Lipinski definition) is 4. The maximum Gasteiger partial charge on any atom is 0.251 e. The number of rotatable bonds is 7. The van der Waals surface area contributed by atoms with Crippen LogP contribution in [0.15, 0.2) is 29.4 Å². The van der Waals surface area contributed by atoms with Crippen LogP contribution in [0.4, 0.5) is 0 Å². The highest BCUT2D eigenvalue weighted by molar-refractivity contribution is 5.95. The monoisotopic (exact) mass is 279 g/mol. The van der Waals surface area contributed by atoms with Crippen molar-refractivity contribution in [1.29, 1.82) is 0 Å². The van der Waals surface area contributed by atoms with Crippen LogP contribution in [0, 0.1) is 0 Å². The van der Waals surface area contributed by atoms with E-state index in [2.05, 4.69) is 10.5 Å². The third-order valence-corrected chi connectivity index (χ3v) is 2.59. The molecule has 0 bridgehead atoms. The lowest BCUT2D eigenvalue weighted by Gasteiger charge is -2.13. The highest BCUT2D eigenvalue weighted by Crippen LogP contribution is 2.13. The van der Waals surface area contributed by atoms with Crippen molar-refractivity contribution in [3.05, 3.63) is 29.8 Å². The molecule has 1 unspecified atom stereocenters. The van der Waals surface area contributed by atoms with Crippen molar-refractivity contribution in [1.82, 2.24) is 5.32 Å². The van der Waals surface area contributed by atoms with Gasteiger partial charge in [0.2, 0.25) is 0 Å². The van der Waals surface area contributed by atoms with Gasteiger partial charge in [-0.2, -0.15) is 0 Å². The lowest BCUT2D eigenvalue weighted by Crippen LogP contribution is -2.35. The van der Waals surface area contributed by atoms with E-state index in [4.69, 9.17) is 15.7 Å². The van der Waals surface area contributed by atoms with Gasteiger partial charge in [-0.05, 0) is 31.5 Å². The molecular weight excluding hydrogens is 258 g/mol. The van der Waals surface area contributed by atoms with Crippen molar-refractivity contribution in [2.45, 2.75) is 32.7 Å². The number of nitrogens with one attached hydrogen (secondary N) is 1. The number of carbonyl (C=O) groups excluding carboxylic acids is 1. The number of nitrogens with zero attached hydrogens (tertiary/aromatic N) is 1. The standard InChI is InChI=1S/C14H21N3O3/c1-3-7-20-12-6-4-5-11(9-12)14(18)16-10(2)8-13(15)17-19/h4-6,9-10,19H,3,7-8H2,1-2H3,(H2,15,17)(H,16,18). The summed E-state index contributed by atoms with van der Waals surface area (Å²) in [7, 11) is 0. The van der Waals surface area contributed by atoms with Crippen molar-refractivity contribution < 1.29 is 14.7 Å². The van der Waals surface area contributed by atoms with Crippen molar-refractivity contribution in [3.8, 4) is 5.75 Å². The molecule has 1 atom stereocenters. The number of nitrogens with two attached hydrogens (primary N) is 1. The first-order valence-corrected chi connectivity index (χ1v) is 6.57. The first kappa shape index (κ1) is 15.8. The zero-order chi connectivity index (χ0) is 15.0. The Labute approximate surface area is 118 Å². The Morgan fingerprint density at radius 3 is 2.95 bits per heavy atom. The lowest BCUT2D eigenvalue weighted by atomic mass is 10.1. The Morgan fingerprint density at radius 1 is 1.55 bits per heavy atom. The summed E-state index contributed by atoms with van der Waals surface area (Å²) < 4.78 is 5.48. The quantitative estimate of drug-likeness (QED) is 0.306. The molecule has 110 valence electrons. The summed E-state index contributed by atoms with van der Waals surface area (Å²) in [5.41, 5.74) is 5.91. The van der Waals surface area contributed by atoms with Gasteiger partial charge in [0, 0.05) is 18.0 Å². The third-order valence-electron chi connectivity index (χ3n) is 2.59. The number of oxime groups is 1. The minimum atomic E-state index is -0.224. The Hall–Kier alpha value is -2.24. The van der Waals surface area contributed by atoms with Gasteiger partial charge in [0.1, 0.15) is 11.6 Å². The molecule has 0 aliphatic rings. The highest BCUT2D eigenvalue weighted by atomic mass is 16.5. The molecule has 0 fully saturated rings. The second kappa shape index (κ2) is 8.04. The van der Waals surface area contributed by atoms with Crippen LogP contribution < -0.4 is 15.8 Å². The van der Waals surface area contributed by atoms with Crippen LogP contribution in [-0.2, 0) is 0 Å². The van der Waals surface area contributed by atoms with Crippen molar-refractivity contribution >= 4 is 11.7 Å². The average molecular weight is 279 g/mol. The molecule has 0 saturated heterocycles. The summed E-state index contributed by atoms with van der Waals surface area (Å²) in [5, 5.41) is 14.1. The lowest BCUT2D eigenvalue weighted by molar-refractivity contribution is 0.0940. The molecular formula is C14H21N3O3. The Bertz CT molecular complexity index is 474. The molecule has 0 aliphatic heterocycles. The fourth-order valence-corrected chi connectivity index (χ4v) is 1.66. The van der Waals surface area contributed by atoms with E-state index in [-0.39, 0.29) is 24.2 Å². The van der Waals surface area contributed by atoms with E-state index in [1.165, 1.54) is 0 Å². The van der Waals surface area contributed by atoms with Gasteiger partial charge in [-0.25, -0.2) is 0 Å². The molecule has 20 heavy (non-hydrogen) atoms. The third kappa shape index (κ3) is 5.17. The predicted octanol–water partition coefficient (Wildman–Crippen LogP) is 1.73. The molecule has 1 amide bonds. The molecule has 4 N–H and O–H groups in total. The number of amidine groups is 1. The van der Waals surface area contributed by atoms with Crippen LogP contribution in [0.5, 0.6) is 5.75 Å². The summed E-state index contributed by atoms with van der Waals surface area (Å²) >= 11 is 0. The Morgan fingerprint density at radius 2 is 2.30 bits per heavy atom. The van der Waals surface area contributed by atoms with Crippen LogP contribution in [0.3, 0.4) is 0 Å². The Balaban J connectivity index is 2.62. The number of hydrogen-bond donors (Lipinski definition) is 3. The van der Waals surface area contributed by atoms with Gasteiger partial charge >= 0.3 is 0 Å². The topological polar surface area (TPSA) is 96.9 Å². The summed E-state index contributed by atoms with van der Waals surface area (Å²) in [6.07, 6.45) is 1.20. The van der Waals surface area contributed by atoms with E-state index in [0.717, 1.165) is 6.42 Å². The van der Waals surface area contributed by atoms with Crippen molar-refractivity contribution in [3.63, 3.8) is 0 Å². The summed E-state index contributed by atoms with van der Waals surface area (Å²) in [6.45, 7) is 4.42. The molecule has 6 heteroatoms. The first-order chi connectivity index (χ1) is 9.56. The average Bonchev–Trinajstić information content (AvgIpc) is 2.45. The zero-order valence-electron chi connectivity index (χ0n) is 11.8. The molecule has 1 aromatic rings. The summed E-state index contributed by atoms with van der Waals surface area (Å²) in [4.78, 5) is 12.0. The number of carbonyl (C=O) groups is 1. The normalized spacial score (nSPS) is 12.8. The zero-order valence-corrected chi connectivity index (χ0v) is 11.8. The second-order valence-electron chi connectivity index (χ2n) is 4.55. The molecule has 0 heterocycles. The molecule has 0 aromatic heterocycles. The second-order valence-corrected chi connectivity index (χ2v) is 4.55. The number of benzene rings is 1. The van der Waals surface area contributed by atoms with E-state index < -0.39 is 0 Å². The van der Waals surface area contributed by atoms with E-state index in [1.54, 1.807) is 25.1 Å². The van der Waals surface area contributed by atoms with Gasteiger partial charge in [-0.1, -0.05) is 18.1 Å². The van der Waals surface area contributed by atoms with E-state index in [1.807, 2.05) is 13.0 Å². The van der Waals surface area contributed by atoms with Gasteiger partial charge in [0.15, 0.2) is 0 Å². The molecule has 1 rings (SSSR count). The molecule has 0 saturated carbocycles. The Kier molecular flexibility index (Phi) is 6.36. The molecule has 0 spiro atoms. The largest absolute Gasteiger partial charge is 0.494 e. The number of ether oxygens (including phenoxy) is 1. The molecule has 1 aromatic carbocycles. The summed E-state index contributed by atoms with van der Waals surface area (Å²) in [6, 6.07) is 6.77. The molecule has 0 aliphatic carbocycles. The van der Waals surface area contributed by atoms with E-state index >= 15 is 0 Å². The van der Waals surface area contributed by atoms with E-state index in [0.29, 0.717) is 17.9 Å². The van der Waals surface area contributed by atoms with Crippen LogP contribution >= 0.6 is 0 Å². The maximum absolute atomic E-state index is 12.0. The van der Waals surface area contributed by atoms with E-state index in [9.17, 15) is 4.79 Å². The fraction of sp³-hybridized carbons (Fsp3) is 0.429. The van der Waals surface area contributed by atoms with Crippen molar-refractivity contribution in [2.24, 2.45) is 10.9 Å². The minimum absolute atomic E-state index is 0.0813. The van der Waals surface area contributed by atoms with Gasteiger partial charge < -0.3 is 21.0 Å². The van der Waals surface area contributed by atoms with Gasteiger partial charge in [-0.15, -0.1) is 0 Å². The SMILES string of the molecule is CCCOc1cccc(C(=O)NC(C)CC(N)=NO)c1. The minimum Gasteiger partial charge on any atom is -0.494 e. The highest BCUT2D eigenvalue weighted by Gasteiger charge is 2.11. The predicted molar refractivity (Wildman–Crippen MR) is 77.2 cm³/mol. The first-order valence-electron chi connectivity index (χ1n) is 6.57. The molecule has 6 nitrogen and oxygen atoms in total. The van der Waals surface area contributed by atoms with Crippen molar-refractivity contribution in [2.75, 3.05) is 6.61 Å². The smallest absolute Gasteiger partial charge is 0.251 e. The number of amides is 1. The van der Waals surface area contributed by atoms with Gasteiger partial charge in [-0.3, -0.25) is 4.79 Å². The molecule has 0 radical (unpaired) electrons. The van der Waals surface area contributed by atoms with Gasteiger partial charge in [0.05, 0.1) is 6.61 Å².